The first-order valence-corrected chi connectivity index (χ1v) is 20.9. The van der Waals surface area contributed by atoms with Crippen LogP contribution < -0.4 is 0 Å². The van der Waals surface area contributed by atoms with Gasteiger partial charge in [0.25, 0.3) is 0 Å². The molecule has 0 amide bonds. The van der Waals surface area contributed by atoms with E-state index in [2.05, 4.69) is 45.1 Å². The van der Waals surface area contributed by atoms with E-state index in [0.29, 0.717) is 26.1 Å². The monoisotopic (exact) mass is 677 g/mol. The molecule has 0 heterocycles. The van der Waals surface area contributed by atoms with Gasteiger partial charge in [0.1, 0.15) is 6.61 Å². The number of rotatable bonds is 38. The van der Waals surface area contributed by atoms with Crippen molar-refractivity contribution >= 4 is 11.9 Å². The van der Waals surface area contributed by atoms with Gasteiger partial charge in [-0.25, -0.2) is 0 Å². The molecule has 0 aliphatic rings. The molecule has 1 atom stereocenters. The fourth-order valence-electron chi connectivity index (χ4n) is 5.83. The van der Waals surface area contributed by atoms with Gasteiger partial charge in [-0.1, -0.05) is 173 Å². The molecule has 0 N–H and O–H groups in total. The molecule has 0 aromatic heterocycles. The Balaban J connectivity index is 3.99. The lowest BCUT2D eigenvalue weighted by atomic mass is 10.1. The quantitative estimate of drug-likeness (QED) is 0.0370. The first kappa shape index (κ1) is 46.4. The lowest BCUT2D eigenvalue weighted by molar-refractivity contribution is -0.163. The van der Waals surface area contributed by atoms with Gasteiger partial charge >= 0.3 is 11.9 Å². The van der Waals surface area contributed by atoms with Gasteiger partial charge in [-0.05, 0) is 51.4 Å². The number of carbonyl (C=O) groups excluding carboxylic acids is 2. The molecule has 0 bridgehead atoms. The Hall–Kier alpha value is -1.62. The Bertz CT molecular complexity index is 731. The summed E-state index contributed by atoms with van der Waals surface area (Å²) < 4.78 is 17.1. The number of allylic oxidation sites excluding steroid dienone is 4. The molecule has 5 heteroatoms. The van der Waals surface area contributed by atoms with E-state index in [-0.39, 0.29) is 18.5 Å². The maximum Gasteiger partial charge on any atom is 0.306 e. The van der Waals surface area contributed by atoms with Crippen LogP contribution in [0.15, 0.2) is 24.3 Å². The summed E-state index contributed by atoms with van der Waals surface area (Å²) in [6, 6.07) is 0. The van der Waals surface area contributed by atoms with Crippen LogP contribution in [0.2, 0.25) is 0 Å². The molecular formula is C43H80O5. The van der Waals surface area contributed by atoms with Crippen molar-refractivity contribution in [3.63, 3.8) is 0 Å². The molecule has 0 aliphatic heterocycles. The van der Waals surface area contributed by atoms with Crippen LogP contribution >= 0.6 is 0 Å². The first-order valence-electron chi connectivity index (χ1n) is 20.9. The van der Waals surface area contributed by atoms with Crippen molar-refractivity contribution in [2.24, 2.45) is 0 Å². The third kappa shape index (κ3) is 37.2. The SMILES string of the molecule is CCCCC/C=C\C/C=C\CCCCCCCCCCCC(=O)OCC(COCCCCCCCC)OC(=O)CCCCCCCCC. The van der Waals surface area contributed by atoms with Crippen molar-refractivity contribution in [2.75, 3.05) is 19.8 Å². The van der Waals surface area contributed by atoms with Gasteiger partial charge in [0, 0.05) is 19.4 Å². The Morgan fingerprint density at radius 1 is 0.458 bits per heavy atom. The number of ether oxygens (including phenoxy) is 3. The Morgan fingerprint density at radius 3 is 1.42 bits per heavy atom. The van der Waals surface area contributed by atoms with E-state index in [1.165, 1.54) is 135 Å². The number of unbranched alkanes of at least 4 members (excludes halogenated alkanes) is 23. The molecule has 282 valence electrons. The molecule has 0 saturated heterocycles. The molecule has 0 spiro atoms. The zero-order valence-electron chi connectivity index (χ0n) is 32.3. The summed E-state index contributed by atoms with van der Waals surface area (Å²) in [6.07, 6.45) is 43.3. The van der Waals surface area contributed by atoms with Crippen molar-refractivity contribution in [2.45, 2.75) is 219 Å². The number of esters is 2. The average Bonchev–Trinajstić information content (AvgIpc) is 3.08. The minimum absolute atomic E-state index is 0.0874. The second kappa shape index (κ2) is 39.8. The van der Waals surface area contributed by atoms with Gasteiger partial charge in [-0.3, -0.25) is 9.59 Å². The highest BCUT2D eigenvalue weighted by molar-refractivity contribution is 5.70. The molecule has 0 aromatic rings. The highest BCUT2D eigenvalue weighted by Gasteiger charge is 2.17. The Labute approximate surface area is 298 Å². The Kier molecular flexibility index (Phi) is 38.5. The Morgan fingerprint density at radius 2 is 0.875 bits per heavy atom. The van der Waals surface area contributed by atoms with E-state index >= 15 is 0 Å². The fraction of sp³-hybridized carbons (Fsp3) is 0.860. The fourth-order valence-corrected chi connectivity index (χ4v) is 5.83. The molecule has 5 nitrogen and oxygen atoms in total. The summed E-state index contributed by atoms with van der Waals surface area (Å²) in [6.45, 7) is 7.73. The van der Waals surface area contributed by atoms with Crippen molar-refractivity contribution in [1.29, 1.82) is 0 Å². The van der Waals surface area contributed by atoms with Crippen LogP contribution in [0.3, 0.4) is 0 Å². The molecule has 0 fully saturated rings. The summed E-state index contributed by atoms with van der Waals surface area (Å²) in [7, 11) is 0. The van der Waals surface area contributed by atoms with Crippen LogP contribution in [0.4, 0.5) is 0 Å². The molecule has 48 heavy (non-hydrogen) atoms. The summed E-state index contributed by atoms with van der Waals surface area (Å²) >= 11 is 0. The third-order valence-corrected chi connectivity index (χ3v) is 8.99. The minimum Gasteiger partial charge on any atom is -0.462 e. The lowest BCUT2D eigenvalue weighted by Crippen LogP contribution is -2.30. The summed E-state index contributed by atoms with van der Waals surface area (Å²) in [5.41, 5.74) is 0. The second-order valence-electron chi connectivity index (χ2n) is 13.9. The molecule has 0 aromatic carbocycles. The predicted octanol–water partition coefficient (Wildman–Crippen LogP) is 13.3. The maximum atomic E-state index is 12.5. The van der Waals surface area contributed by atoms with E-state index in [1.54, 1.807) is 0 Å². The summed E-state index contributed by atoms with van der Waals surface area (Å²) in [5, 5.41) is 0. The van der Waals surface area contributed by atoms with Gasteiger partial charge in [0.2, 0.25) is 0 Å². The summed E-state index contributed by atoms with van der Waals surface area (Å²) in [4.78, 5) is 24.9. The van der Waals surface area contributed by atoms with Crippen LogP contribution in [-0.2, 0) is 23.8 Å². The van der Waals surface area contributed by atoms with Crippen molar-refractivity contribution in [3.8, 4) is 0 Å². The minimum atomic E-state index is -0.524. The number of hydrogen-bond donors (Lipinski definition) is 0. The molecule has 0 radical (unpaired) electrons. The standard InChI is InChI=1S/C43H80O5/c1-4-7-10-13-16-17-18-19-20-21-22-23-24-25-26-27-29-30-33-36-42(44)47-40-41(39-46-38-35-32-15-12-9-6-3)48-43(45)37-34-31-28-14-11-8-5-2/h16-17,19-20,41H,4-15,18,21-40H2,1-3H3/b17-16-,20-19-. The summed E-state index contributed by atoms with van der Waals surface area (Å²) in [5.74, 6) is -0.405. The van der Waals surface area contributed by atoms with Crippen molar-refractivity contribution in [1.82, 2.24) is 0 Å². The smallest absolute Gasteiger partial charge is 0.306 e. The van der Waals surface area contributed by atoms with E-state index in [0.717, 1.165) is 44.9 Å². The highest BCUT2D eigenvalue weighted by Crippen LogP contribution is 2.13. The van der Waals surface area contributed by atoms with Crippen LogP contribution in [0.5, 0.6) is 0 Å². The van der Waals surface area contributed by atoms with E-state index in [9.17, 15) is 9.59 Å². The third-order valence-electron chi connectivity index (χ3n) is 8.99. The van der Waals surface area contributed by atoms with Crippen LogP contribution in [0.1, 0.15) is 213 Å². The average molecular weight is 677 g/mol. The van der Waals surface area contributed by atoms with Gasteiger partial charge in [0.05, 0.1) is 6.61 Å². The van der Waals surface area contributed by atoms with Crippen LogP contribution in [-0.4, -0.2) is 37.9 Å². The molecule has 0 rings (SSSR count). The lowest BCUT2D eigenvalue weighted by Gasteiger charge is -2.18. The van der Waals surface area contributed by atoms with Gasteiger partial charge in [-0.2, -0.15) is 0 Å². The topological polar surface area (TPSA) is 61.8 Å². The van der Waals surface area contributed by atoms with E-state index in [1.807, 2.05) is 0 Å². The molecule has 0 aliphatic carbocycles. The van der Waals surface area contributed by atoms with Gasteiger partial charge in [0.15, 0.2) is 6.10 Å². The van der Waals surface area contributed by atoms with E-state index < -0.39 is 6.10 Å². The second-order valence-corrected chi connectivity index (χ2v) is 13.9. The molecule has 1 unspecified atom stereocenters. The number of hydrogen-bond acceptors (Lipinski definition) is 5. The predicted molar refractivity (Wildman–Crippen MR) is 205 cm³/mol. The zero-order chi connectivity index (χ0) is 35.0. The van der Waals surface area contributed by atoms with Crippen LogP contribution in [0, 0.1) is 0 Å². The van der Waals surface area contributed by atoms with Crippen LogP contribution in [0.25, 0.3) is 0 Å². The normalized spacial score (nSPS) is 12.3. The van der Waals surface area contributed by atoms with Gasteiger partial charge < -0.3 is 14.2 Å². The maximum absolute atomic E-state index is 12.5. The van der Waals surface area contributed by atoms with E-state index in [4.69, 9.17) is 14.2 Å². The molecule has 0 saturated carbocycles. The highest BCUT2D eigenvalue weighted by atomic mass is 16.6. The zero-order valence-corrected chi connectivity index (χ0v) is 32.3. The van der Waals surface area contributed by atoms with Gasteiger partial charge in [-0.15, -0.1) is 0 Å². The largest absolute Gasteiger partial charge is 0.462 e. The van der Waals surface area contributed by atoms with Crippen molar-refractivity contribution in [3.05, 3.63) is 24.3 Å². The number of carbonyl (C=O) groups is 2. The molecular weight excluding hydrogens is 596 g/mol. The first-order chi connectivity index (χ1) is 23.6. The van der Waals surface area contributed by atoms with Crippen molar-refractivity contribution < 1.29 is 23.8 Å².